The Hall–Kier alpha value is -1.78. The summed E-state index contributed by atoms with van der Waals surface area (Å²) in [6.07, 6.45) is 0.872. The van der Waals surface area contributed by atoms with Gasteiger partial charge in [-0.3, -0.25) is 4.90 Å². The Labute approximate surface area is 124 Å². The van der Waals surface area contributed by atoms with E-state index in [4.69, 9.17) is 5.73 Å². The molecule has 0 atom stereocenters. The van der Waals surface area contributed by atoms with Crippen molar-refractivity contribution in [1.82, 2.24) is 4.90 Å². The second-order valence-electron chi connectivity index (χ2n) is 5.09. The zero-order chi connectivity index (χ0) is 15.1. The van der Waals surface area contributed by atoms with Gasteiger partial charge in [-0.2, -0.15) is 0 Å². The Morgan fingerprint density at radius 2 is 1.57 bits per heavy atom. The molecule has 112 valence electrons. The maximum absolute atomic E-state index is 13.3. The Morgan fingerprint density at radius 3 is 2.24 bits per heavy atom. The summed E-state index contributed by atoms with van der Waals surface area (Å²) in [5, 5.41) is 0. The van der Waals surface area contributed by atoms with Crippen molar-refractivity contribution in [2.45, 2.75) is 19.5 Å². The van der Waals surface area contributed by atoms with Crippen molar-refractivity contribution in [3.05, 3.63) is 71.3 Å². The number of benzene rings is 2. The zero-order valence-electron chi connectivity index (χ0n) is 11.9. The van der Waals surface area contributed by atoms with Crippen molar-refractivity contribution in [3.8, 4) is 0 Å². The molecule has 0 aromatic heterocycles. The van der Waals surface area contributed by atoms with Gasteiger partial charge >= 0.3 is 0 Å². The molecule has 2 nitrogen and oxygen atoms in total. The van der Waals surface area contributed by atoms with Crippen LogP contribution in [0.4, 0.5) is 8.78 Å². The Morgan fingerprint density at radius 1 is 0.857 bits per heavy atom. The number of rotatable bonds is 7. The zero-order valence-corrected chi connectivity index (χ0v) is 11.9. The van der Waals surface area contributed by atoms with Gasteiger partial charge in [0.25, 0.3) is 0 Å². The van der Waals surface area contributed by atoms with Crippen molar-refractivity contribution in [3.63, 3.8) is 0 Å². The largest absolute Gasteiger partial charge is 0.330 e. The molecular formula is C17H20F2N2. The van der Waals surface area contributed by atoms with E-state index in [0.717, 1.165) is 25.1 Å². The molecule has 0 bridgehead atoms. The third kappa shape index (κ3) is 4.92. The molecule has 0 saturated heterocycles. The van der Waals surface area contributed by atoms with E-state index in [1.54, 1.807) is 6.07 Å². The lowest BCUT2D eigenvalue weighted by Gasteiger charge is -2.22. The van der Waals surface area contributed by atoms with Crippen LogP contribution in [-0.2, 0) is 13.1 Å². The topological polar surface area (TPSA) is 29.3 Å². The van der Waals surface area contributed by atoms with Gasteiger partial charge in [0.05, 0.1) is 0 Å². The van der Waals surface area contributed by atoms with Gasteiger partial charge < -0.3 is 5.73 Å². The first-order chi connectivity index (χ1) is 10.2. The molecular weight excluding hydrogens is 270 g/mol. The normalized spacial score (nSPS) is 11.0. The molecule has 0 fully saturated rings. The average molecular weight is 290 g/mol. The fourth-order valence-electron chi connectivity index (χ4n) is 2.27. The molecule has 2 rings (SSSR count). The van der Waals surface area contributed by atoms with Crippen LogP contribution in [0.3, 0.4) is 0 Å². The van der Waals surface area contributed by atoms with Crippen LogP contribution in [0.25, 0.3) is 0 Å². The highest BCUT2D eigenvalue weighted by atomic mass is 19.2. The van der Waals surface area contributed by atoms with Gasteiger partial charge in [0.15, 0.2) is 11.6 Å². The van der Waals surface area contributed by atoms with E-state index in [2.05, 4.69) is 17.0 Å². The summed E-state index contributed by atoms with van der Waals surface area (Å²) in [5.41, 5.74) is 7.53. The first kappa shape index (κ1) is 15.6. The second-order valence-corrected chi connectivity index (χ2v) is 5.09. The van der Waals surface area contributed by atoms with Crippen LogP contribution in [0.1, 0.15) is 17.5 Å². The lowest BCUT2D eigenvalue weighted by molar-refractivity contribution is 0.254. The fourth-order valence-corrected chi connectivity index (χ4v) is 2.27. The summed E-state index contributed by atoms with van der Waals surface area (Å²) in [5.74, 6) is -1.61. The molecule has 0 spiro atoms. The minimum atomic E-state index is -0.810. The van der Waals surface area contributed by atoms with E-state index in [1.807, 2.05) is 18.2 Å². The molecule has 0 unspecified atom stereocenters. The first-order valence-corrected chi connectivity index (χ1v) is 7.09. The standard InChI is InChI=1S/C17H20F2N2/c18-16-8-7-15(11-17(16)19)13-21(10-4-9-20)12-14-5-2-1-3-6-14/h1-3,5-8,11H,4,9-10,12-13,20H2. The van der Waals surface area contributed by atoms with Gasteiger partial charge in [0.1, 0.15) is 0 Å². The minimum Gasteiger partial charge on any atom is -0.330 e. The predicted molar refractivity (Wildman–Crippen MR) is 80.6 cm³/mol. The van der Waals surface area contributed by atoms with Crippen molar-refractivity contribution in [2.24, 2.45) is 5.73 Å². The fraction of sp³-hybridized carbons (Fsp3) is 0.294. The van der Waals surface area contributed by atoms with Gasteiger partial charge in [0, 0.05) is 19.6 Å². The van der Waals surface area contributed by atoms with Crippen LogP contribution < -0.4 is 5.73 Å². The summed E-state index contributed by atoms with van der Waals surface area (Å²) >= 11 is 0. The quantitative estimate of drug-likeness (QED) is 0.847. The molecule has 0 aliphatic rings. The molecule has 2 N–H and O–H groups in total. The SMILES string of the molecule is NCCCN(Cc1ccccc1)Cc1ccc(F)c(F)c1. The predicted octanol–water partition coefficient (Wildman–Crippen LogP) is 3.32. The Kier molecular flexibility index (Phi) is 5.84. The molecule has 0 heterocycles. The molecule has 21 heavy (non-hydrogen) atoms. The van der Waals surface area contributed by atoms with Crippen molar-refractivity contribution in [1.29, 1.82) is 0 Å². The molecule has 0 saturated carbocycles. The van der Waals surface area contributed by atoms with Gasteiger partial charge in [-0.15, -0.1) is 0 Å². The highest BCUT2D eigenvalue weighted by Crippen LogP contribution is 2.13. The number of hydrogen-bond donors (Lipinski definition) is 1. The van der Waals surface area contributed by atoms with E-state index in [9.17, 15) is 8.78 Å². The average Bonchev–Trinajstić information content (AvgIpc) is 2.49. The summed E-state index contributed by atoms with van der Waals surface area (Å²) in [6.45, 7) is 2.78. The highest BCUT2D eigenvalue weighted by Gasteiger charge is 2.09. The van der Waals surface area contributed by atoms with E-state index >= 15 is 0 Å². The van der Waals surface area contributed by atoms with Crippen LogP contribution in [0.2, 0.25) is 0 Å². The van der Waals surface area contributed by atoms with Crippen molar-refractivity contribution >= 4 is 0 Å². The minimum absolute atomic E-state index is 0.575. The molecule has 4 heteroatoms. The lowest BCUT2D eigenvalue weighted by atomic mass is 10.1. The van der Waals surface area contributed by atoms with Crippen LogP contribution in [0.5, 0.6) is 0 Å². The smallest absolute Gasteiger partial charge is 0.159 e. The van der Waals surface area contributed by atoms with E-state index in [-0.39, 0.29) is 0 Å². The number of nitrogens with zero attached hydrogens (tertiary/aromatic N) is 1. The van der Waals surface area contributed by atoms with Gasteiger partial charge in [-0.1, -0.05) is 36.4 Å². The maximum atomic E-state index is 13.3. The molecule has 2 aromatic rings. The summed E-state index contributed by atoms with van der Waals surface area (Å²) in [4.78, 5) is 2.19. The van der Waals surface area contributed by atoms with Crippen molar-refractivity contribution in [2.75, 3.05) is 13.1 Å². The van der Waals surface area contributed by atoms with Gasteiger partial charge in [-0.05, 0) is 36.2 Å². The van der Waals surface area contributed by atoms with E-state index in [1.165, 1.54) is 17.7 Å². The molecule has 2 aromatic carbocycles. The van der Waals surface area contributed by atoms with Gasteiger partial charge in [-0.25, -0.2) is 8.78 Å². The summed E-state index contributed by atoms with van der Waals surface area (Å²) in [6, 6.07) is 14.1. The highest BCUT2D eigenvalue weighted by molar-refractivity contribution is 5.19. The monoisotopic (exact) mass is 290 g/mol. The second kappa shape index (κ2) is 7.86. The third-order valence-corrected chi connectivity index (χ3v) is 3.32. The number of hydrogen-bond acceptors (Lipinski definition) is 2. The Balaban J connectivity index is 2.06. The molecule has 0 aliphatic carbocycles. The molecule has 0 aliphatic heterocycles. The van der Waals surface area contributed by atoms with Crippen LogP contribution in [0, 0.1) is 11.6 Å². The Bertz CT molecular complexity index is 558. The lowest BCUT2D eigenvalue weighted by Crippen LogP contribution is -2.25. The molecule has 0 amide bonds. The maximum Gasteiger partial charge on any atom is 0.159 e. The summed E-state index contributed by atoms with van der Waals surface area (Å²) < 4.78 is 26.3. The van der Waals surface area contributed by atoms with Crippen LogP contribution in [0.15, 0.2) is 48.5 Å². The third-order valence-electron chi connectivity index (χ3n) is 3.32. The van der Waals surface area contributed by atoms with Crippen LogP contribution >= 0.6 is 0 Å². The van der Waals surface area contributed by atoms with Crippen molar-refractivity contribution < 1.29 is 8.78 Å². The number of halogens is 2. The van der Waals surface area contributed by atoms with Crippen LogP contribution in [-0.4, -0.2) is 18.0 Å². The number of nitrogens with two attached hydrogens (primary N) is 1. The first-order valence-electron chi connectivity index (χ1n) is 7.09. The molecule has 0 radical (unpaired) electrons. The van der Waals surface area contributed by atoms with E-state index < -0.39 is 11.6 Å². The van der Waals surface area contributed by atoms with Gasteiger partial charge in [0.2, 0.25) is 0 Å². The van der Waals surface area contributed by atoms with E-state index in [0.29, 0.717) is 13.1 Å². The summed E-state index contributed by atoms with van der Waals surface area (Å²) in [7, 11) is 0.